The number of hydrogen-bond acceptors (Lipinski definition) is 3. The van der Waals surface area contributed by atoms with E-state index < -0.39 is 6.10 Å². The highest BCUT2D eigenvalue weighted by Gasteiger charge is 2.37. The molecule has 2 amide bonds. The summed E-state index contributed by atoms with van der Waals surface area (Å²) in [5.74, 6) is 0. The Morgan fingerprint density at radius 2 is 2.05 bits per heavy atom. The number of carbonyl (C=O) groups is 1. The molecule has 3 atom stereocenters. The van der Waals surface area contributed by atoms with Crippen molar-refractivity contribution >= 4 is 11.7 Å². The minimum Gasteiger partial charge on any atom is -0.389 e. The van der Waals surface area contributed by atoms with E-state index in [2.05, 4.69) is 15.5 Å². The van der Waals surface area contributed by atoms with Gasteiger partial charge in [-0.15, -0.1) is 0 Å². The normalized spacial score (nSPS) is 26.4. The fourth-order valence-electron chi connectivity index (χ4n) is 3.43. The zero-order chi connectivity index (χ0) is 14.8. The van der Waals surface area contributed by atoms with Crippen molar-refractivity contribution in [1.29, 1.82) is 0 Å². The van der Waals surface area contributed by atoms with Crippen molar-refractivity contribution < 1.29 is 9.90 Å². The quantitative estimate of drug-likeness (QED) is 0.798. The summed E-state index contributed by atoms with van der Waals surface area (Å²) in [5, 5.41) is 15.4. The van der Waals surface area contributed by atoms with Crippen molar-refractivity contribution in [2.75, 3.05) is 18.4 Å². The molecule has 0 spiro atoms. The van der Waals surface area contributed by atoms with Gasteiger partial charge in [-0.1, -0.05) is 12.1 Å². The predicted octanol–water partition coefficient (Wildman–Crippen LogP) is 2.10. The van der Waals surface area contributed by atoms with Crippen LogP contribution in [-0.4, -0.2) is 41.2 Å². The smallest absolute Gasteiger partial charge is 0.319 e. The van der Waals surface area contributed by atoms with Gasteiger partial charge in [-0.2, -0.15) is 0 Å². The lowest BCUT2D eigenvalue weighted by atomic mass is 10.1. The summed E-state index contributed by atoms with van der Waals surface area (Å²) in [7, 11) is 0. The maximum Gasteiger partial charge on any atom is 0.319 e. The number of nitrogens with one attached hydrogen (secondary N) is 2. The Kier molecular flexibility index (Phi) is 4.12. The summed E-state index contributed by atoms with van der Waals surface area (Å²) in [6, 6.07) is 7.94. The molecule has 0 radical (unpaired) electrons. The van der Waals surface area contributed by atoms with E-state index in [1.54, 1.807) is 6.92 Å². The number of aliphatic hydroxyl groups excluding tert-OH is 1. The number of nitrogens with zero attached hydrogens (tertiary/aromatic N) is 1. The number of urea groups is 1. The number of rotatable bonds is 3. The Bertz CT molecular complexity index is 501. The molecule has 0 aliphatic carbocycles. The molecule has 21 heavy (non-hydrogen) atoms. The van der Waals surface area contributed by atoms with Gasteiger partial charge in [-0.3, -0.25) is 4.90 Å². The highest BCUT2D eigenvalue weighted by atomic mass is 16.3. The first-order chi connectivity index (χ1) is 10.1. The zero-order valence-electron chi connectivity index (χ0n) is 12.4. The number of benzene rings is 1. The molecule has 2 heterocycles. The first-order valence-electron chi connectivity index (χ1n) is 7.73. The summed E-state index contributed by atoms with van der Waals surface area (Å²) in [5.41, 5.74) is 1.59. The standard InChI is InChI=1S/C16H23N3O2/c1-11(20)12-4-6-13(7-5-12)17-16(21)18-14-8-10-19-9-2-3-15(14)19/h4-7,11,14-15,20H,2-3,8-10H2,1H3,(H2,17,18,21). The van der Waals surface area contributed by atoms with Gasteiger partial charge in [-0.05, 0) is 50.4 Å². The molecular weight excluding hydrogens is 266 g/mol. The topological polar surface area (TPSA) is 64.6 Å². The molecule has 2 saturated heterocycles. The van der Waals surface area contributed by atoms with Crippen molar-refractivity contribution in [3.63, 3.8) is 0 Å². The van der Waals surface area contributed by atoms with Crippen molar-refractivity contribution in [1.82, 2.24) is 10.2 Å². The van der Waals surface area contributed by atoms with Crippen LogP contribution in [0.15, 0.2) is 24.3 Å². The average molecular weight is 289 g/mol. The predicted molar refractivity (Wildman–Crippen MR) is 82.2 cm³/mol. The maximum absolute atomic E-state index is 12.1. The van der Waals surface area contributed by atoms with E-state index >= 15 is 0 Å². The van der Waals surface area contributed by atoms with Crippen molar-refractivity contribution in [3.8, 4) is 0 Å². The molecular formula is C16H23N3O2. The highest BCUT2D eigenvalue weighted by Crippen LogP contribution is 2.27. The molecule has 3 unspecified atom stereocenters. The third-order valence-electron chi connectivity index (χ3n) is 4.57. The van der Waals surface area contributed by atoms with Crippen LogP contribution >= 0.6 is 0 Å². The fourth-order valence-corrected chi connectivity index (χ4v) is 3.43. The fraction of sp³-hybridized carbons (Fsp3) is 0.562. The van der Waals surface area contributed by atoms with Gasteiger partial charge in [0, 0.05) is 24.3 Å². The monoisotopic (exact) mass is 289 g/mol. The lowest BCUT2D eigenvalue weighted by Crippen LogP contribution is -2.44. The molecule has 2 aliphatic rings. The van der Waals surface area contributed by atoms with E-state index in [0.717, 1.165) is 24.2 Å². The molecule has 0 bridgehead atoms. The van der Waals surface area contributed by atoms with Crippen LogP contribution in [0.5, 0.6) is 0 Å². The van der Waals surface area contributed by atoms with Gasteiger partial charge in [-0.25, -0.2) is 4.79 Å². The van der Waals surface area contributed by atoms with Crippen molar-refractivity contribution in [2.45, 2.75) is 44.4 Å². The minimum atomic E-state index is -0.486. The van der Waals surface area contributed by atoms with Crippen LogP contribution in [0.4, 0.5) is 10.5 Å². The lowest BCUT2D eigenvalue weighted by molar-refractivity contribution is 0.199. The minimum absolute atomic E-state index is 0.140. The summed E-state index contributed by atoms with van der Waals surface area (Å²) < 4.78 is 0. The van der Waals surface area contributed by atoms with E-state index in [-0.39, 0.29) is 12.1 Å². The van der Waals surface area contributed by atoms with Crippen LogP contribution in [0.3, 0.4) is 0 Å². The van der Waals surface area contributed by atoms with Crippen LogP contribution in [-0.2, 0) is 0 Å². The first kappa shape index (κ1) is 14.4. The number of carbonyl (C=O) groups excluding carboxylic acids is 1. The van der Waals surface area contributed by atoms with E-state index in [9.17, 15) is 9.90 Å². The lowest BCUT2D eigenvalue weighted by Gasteiger charge is -2.21. The van der Waals surface area contributed by atoms with Crippen LogP contribution in [0.25, 0.3) is 0 Å². The van der Waals surface area contributed by atoms with Gasteiger partial charge < -0.3 is 15.7 Å². The Balaban J connectivity index is 1.54. The van der Waals surface area contributed by atoms with E-state index in [4.69, 9.17) is 0 Å². The molecule has 0 saturated carbocycles. The molecule has 2 fully saturated rings. The highest BCUT2D eigenvalue weighted by molar-refractivity contribution is 5.89. The number of anilines is 1. The number of amides is 2. The molecule has 5 nitrogen and oxygen atoms in total. The Labute approximate surface area is 125 Å². The second kappa shape index (κ2) is 6.03. The number of fused-ring (bicyclic) bond motifs is 1. The number of hydrogen-bond donors (Lipinski definition) is 3. The van der Waals surface area contributed by atoms with Gasteiger partial charge in [0.15, 0.2) is 0 Å². The molecule has 3 N–H and O–H groups in total. The molecule has 5 heteroatoms. The Hall–Kier alpha value is -1.59. The van der Waals surface area contributed by atoms with Crippen molar-refractivity contribution in [3.05, 3.63) is 29.8 Å². The van der Waals surface area contributed by atoms with Gasteiger partial charge in [0.05, 0.1) is 6.10 Å². The van der Waals surface area contributed by atoms with Crippen molar-refractivity contribution in [2.24, 2.45) is 0 Å². The average Bonchev–Trinajstić information content (AvgIpc) is 3.04. The second-order valence-electron chi connectivity index (χ2n) is 6.04. The molecule has 1 aromatic rings. The second-order valence-corrected chi connectivity index (χ2v) is 6.04. The van der Waals surface area contributed by atoms with Gasteiger partial charge in [0.25, 0.3) is 0 Å². The van der Waals surface area contributed by atoms with Crippen LogP contribution in [0, 0.1) is 0 Å². The third-order valence-corrected chi connectivity index (χ3v) is 4.57. The van der Waals surface area contributed by atoms with E-state index in [1.807, 2.05) is 24.3 Å². The molecule has 1 aromatic carbocycles. The van der Waals surface area contributed by atoms with Crippen LogP contribution < -0.4 is 10.6 Å². The van der Waals surface area contributed by atoms with E-state index in [0.29, 0.717) is 6.04 Å². The maximum atomic E-state index is 12.1. The Morgan fingerprint density at radius 3 is 2.76 bits per heavy atom. The summed E-state index contributed by atoms with van der Waals surface area (Å²) in [6.45, 7) is 3.99. The number of aliphatic hydroxyl groups is 1. The SMILES string of the molecule is CC(O)c1ccc(NC(=O)NC2CCN3CCCC23)cc1. The molecule has 0 aromatic heterocycles. The van der Waals surface area contributed by atoms with Gasteiger partial charge in [0.2, 0.25) is 0 Å². The summed E-state index contributed by atoms with van der Waals surface area (Å²) >= 11 is 0. The van der Waals surface area contributed by atoms with Crippen LogP contribution in [0.2, 0.25) is 0 Å². The first-order valence-corrected chi connectivity index (χ1v) is 7.73. The van der Waals surface area contributed by atoms with E-state index in [1.165, 1.54) is 19.4 Å². The van der Waals surface area contributed by atoms with Crippen LogP contribution in [0.1, 0.15) is 37.9 Å². The van der Waals surface area contributed by atoms with Gasteiger partial charge in [0.1, 0.15) is 0 Å². The third kappa shape index (κ3) is 3.19. The zero-order valence-corrected chi connectivity index (χ0v) is 12.4. The molecule has 3 rings (SSSR count). The largest absolute Gasteiger partial charge is 0.389 e. The molecule has 114 valence electrons. The molecule has 2 aliphatic heterocycles. The summed E-state index contributed by atoms with van der Waals surface area (Å²) in [6.07, 6.45) is 2.98. The Morgan fingerprint density at radius 1 is 1.29 bits per heavy atom. The summed E-state index contributed by atoms with van der Waals surface area (Å²) in [4.78, 5) is 14.6. The van der Waals surface area contributed by atoms with Gasteiger partial charge >= 0.3 is 6.03 Å².